The van der Waals surface area contributed by atoms with Gasteiger partial charge in [0.1, 0.15) is 33.5 Å². The smallest absolute Gasteiger partial charge is 0.137 e. The molecule has 3 heterocycles. The van der Waals surface area contributed by atoms with Crippen LogP contribution in [0.3, 0.4) is 0 Å². The van der Waals surface area contributed by atoms with E-state index in [0.29, 0.717) is 0 Å². The number of rotatable bonds is 7. The molecule has 7 heteroatoms. The van der Waals surface area contributed by atoms with Crippen LogP contribution in [-0.4, -0.2) is 0 Å². The normalized spacial score (nSPS) is 11.1. The first kappa shape index (κ1) is 49.9. The molecule has 0 aliphatic heterocycles. The van der Waals surface area contributed by atoms with Crippen LogP contribution < -0.4 is 10.6 Å². The van der Waals surface area contributed by atoms with Crippen LogP contribution in [0, 0.1) is 0 Å². The van der Waals surface area contributed by atoms with Gasteiger partial charge in [0.15, 0.2) is 0 Å². The van der Waals surface area contributed by atoms with Gasteiger partial charge in [-0.15, -0.1) is 0 Å². The number of nitrogens with two attached hydrogens (primary N) is 1. The van der Waals surface area contributed by atoms with Gasteiger partial charge in [0.05, 0.1) is 0 Å². The summed E-state index contributed by atoms with van der Waals surface area (Å²) in [5, 5.41) is 6.81. The summed E-state index contributed by atoms with van der Waals surface area (Å²) in [6.07, 6.45) is 0. The standard InChI is InChI=1S/C42H27NO2.C18H15N.C12H7BrO.FH/c1-2-8-28(9-3-1)29-14-16-30(17-15-29)31-18-20-32(21-19-31)43(33-22-24-37-35-10-4-6-12-39(35)44-41(37)26-33)34-23-25-38-36-11-5-7-13-40(36)45-42(38)27-34;19-18-12-10-17(11-13-18)16-8-6-15(7-9-16)14-4-2-1-3-5-14;13-8-5-6-10-9-3-1-2-4-11(9)14-12(10)7-8;/h1-27H;1-13H,19H2;1-7H;1H. The number of anilines is 4. The van der Waals surface area contributed by atoms with E-state index in [1.165, 1.54) is 55.3 Å². The molecule has 2 N–H and O–H groups in total. The largest absolute Gasteiger partial charge is 0.456 e. The van der Waals surface area contributed by atoms with E-state index in [2.05, 4.69) is 215 Å². The third-order valence-corrected chi connectivity index (χ3v) is 14.8. The Morgan fingerprint density at radius 1 is 0.253 bits per heavy atom. The van der Waals surface area contributed by atoms with Crippen molar-refractivity contribution >= 4 is 104 Å². The minimum absolute atomic E-state index is 0. The van der Waals surface area contributed by atoms with Crippen LogP contribution in [0.15, 0.2) is 303 Å². The molecule has 5 nitrogen and oxygen atoms in total. The zero-order chi connectivity index (χ0) is 52.4. The molecule has 0 aliphatic rings. The number of para-hydroxylation sites is 3. The number of nitrogen functional groups attached to an aromatic ring is 1. The monoisotopic (exact) mass is 1090 g/mol. The van der Waals surface area contributed by atoms with Gasteiger partial charge in [-0.05, 0) is 129 Å². The topological polar surface area (TPSA) is 68.7 Å². The van der Waals surface area contributed by atoms with Crippen LogP contribution in [0.4, 0.5) is 27.5 Å². The minimum Gasteiger partial charge on any atom is -0.456 e. The van der Waals surface area contributed by atoms with E-state index in [9.17, 15) is 0 Å². The number of hydrogen-bond acceptors (Lipinski definition) is 5. The van der Waals surface area contributed by atoms with Crippen molar-refractivity contribution in [1.29, 1.82) is 0 Å². The van der Waals surface area contributed by atoms with Crippen LogP contribution in [0.25, 0.3) is 110 Å². The highest BCUT2D eigenvalue weighted by molar-refractivity contribution is 9.10. The Bertz CT molecular complexity index is 4440. The maximum atomic E-state index is 6.30. The second-order valence-electron chi connectivity index (χ2n) is 19.2. The lowest BCUT2D eigenvalue weighted by Gasteiger charge is -2.25. The molecule has 15 aromatic rings. The maximum Gasteiger partial charge on any atom is 0.137 e. The SMILES string of the molecule is Brc1ccc2c(c1)oc1ccccc12.F.Nc1ccc(-c2ccc(-c3ccccc3)cc2)cc1.c1ccc(-c2ccc(-c3ccc(N(c4ccc5c(c4)oc4ccccc45)c4ccc5c(c4)oc4ccccc45)cc3)cc2)cc1. The predicted molar refractivity (Wildman–Crippen MR) is 332 cm³/mol. The molecule has 0 bridgehead atoms. The molecule has 15 rings (SSSR count). The van der Waals surface area contributed by atoms with Gasteiger partial charge in [-0.25, -0.2) is 0 Å². The van der Waals surface area contributed by atoms with Crippen molar-refractivity contribution in [2.24, 2.45) is 0 Å². The number of hydrogen-bond donors (Lipinski definition) is 1. The van der Waals surface area contributed by atoms with E-state index < -0.39 is 0 Å². The highest BCUT2D eigenvalue weighted by atomic mass is 79.9. The Morgan fingerprint density at radius 2 is 0.532 bits per heavy atom. The summed E-state index contributed by atoms with van der Waals surface area (Å²) in [4.78, 5) is 2.27. The fraction of sp³-hybridized carbons (Fsp3) is 0. The quantitative estimate of drug-likeness (QED) is 0.161. The van der Waals surface area contributed by atoms with Gasteiger partial charge in [-0.3, -0.25) is 4.70 Å². The van der Waals surface area contributed by atoms with E-state index in [0.717, 1.165) is 82.3 Å². The Kier molecular flexibility index (Phi) is 13.9. The number of benzene rings is 12. The van der Waals surface area contributed by atoms with E-state index in [-0.39, 0.29) is 4.70 Å². The van der Waals surface area contributed by atoms with Gasteiger partial charge in [-0.2, -0.15) is 0 Å². The zero-order valence-corrected chi connectivity index (χ0v) is 44.3. The highest BCUT2D eigenvalue weighted by Crippen LogP contribution is 2.42. The molecule has 380 valence electrons. The second-order valence-corrected chi connectivity index (χ2v) is 20.1. The summed E-state index contributed by atoms with van der Waals surface area (Å²) in [6, 6.07) is 98.5. The van der Waals surface area contributed by atoms with Crippen molar-refractivity contribution in [2.45, 2.75) is 0 Å². The molecule has 0 amide bonds. The summed E-state index contributed by atoms with van der Waals surface area (Å²) in [5.41, 5.74) is 24.6. The van der Waals surface area contributed by atoms with E-state index in [1.807, 2.05) is 91.0 Å². The number of nitrogens with zero attached hydrogens (tertiary/aromatic N) is 1. The Morgan fingerprint density at radius 3 is 0.924 bits per heavy atom. The highest BCUT2D eigenvalue weighted by Gasteiger charge is 2.18. The third-order valence-electron chi connectivity index (χ3n) is 14.3. The number of furan rings is 3. The first-order chi connectivity index (χ1) is 38.5. The summed E-state index contributed by atoms with van der Waals surface area (Å²) in [5.74, 6) is 0. The lowest BCUT2D eigenvalue weighted by molar-refractivity contribution is 0.668. The first-order valence-electron chi connectivity index (χ1n) is 25.9. The third kappa shape index (κ3) is 10.3. The molecule has 12 aromatic carbocycles. The van der Waals surface area contributed by atoms with Gasteiger partial charge < -0.3 is 23.9 Å². The lowest BCUT2D eigenvalue weighted by Crippen LogP contribution is -2.09. The summed E-state index contributed by atoms with van der Waals surface area (Å²) in [7, 11) is 0. The summed E-state index contributed by atoms with van der Waals surface area (Å²) < 4.78 is 19.3. The van der Waals surface area contributed by atoms with Crippen molar-refractivity contribution in [3.8, 4) is 44.5 Å². The van der Waals surface area contributed by atoms with Crippen molar-refractivity contribution in [3.05, 3.63) is 290 Å². The Labute approximate surface area is 464 Å². The second kappa shape index (κ2) is 22.0. The molecule has 0 unspecified atom stereocenters. The maximum absolute atomic E-state index is 6.30. The van der Waals surface area contributed by atoms with E-state index in [4.69, 9.17) is 19.0 Å². The van der Waals surface area contributed by atoms with Crippen molar-refractivity contribution < 1.29 is 18.0 Å². The average molecular weight is 1090 g/mol. The van der Waals surface area contributed by atoms with Gasteiger partial charge in [0.2, 0.25) is 0 Å². The van der Waals surface area contributed by atoms with Crippen molar-refractivity contribution in [3.63, 3.8) is 0 Å². The van der Waals surface area contributed by atoms with Crippen LogP contribution in [0.2, 0.25) is 0 Å². The molecule has 0 saturated carbocycles. The first-order valence-corrected chi connectivity index (χ1v) is 26.7. The average Bonchev–Trinajstić information content (AvgIpc) is 4.35. The van der Waals surface area contributed by atoms with Gasteiger partial charge >= 0.3 is 0 Å². The fourth-order valence-corrected chi connectivity index (χ4v) is 10.6. The molecule has 0 atom stereocenters. The van der Waals surface area contributed by atoms with Crippen LogP contribution in [0.1, 0.15) is 0 Å². The molecular weight excluding hydrogens is 1040 g/mol. The molecule has 79 heavy (non-hydrogen) atoms. The van der Waals surface area contributed by atoms with E-state index >= 15 is 0 Å². The molecule has 0 spiro atoms. The minimum atomic E-state index is 0. The van der Waals surface area contributed by atoms with Crippen LogP contribution in [0.5, 0.6) is 0 Å². The van der Waals surface area contributed by atoms with E-state index in [1.54, 1.807) is 0 Å². The molecule has 0 fully saturated rings. The summed E-state index contributed by atoms with van der Waals surface area (Å²) >= 11 is 3.43. The molecule has 0 radical (unpaired) electrons. The molecule has 0 saturated heterocycles. The van der Waals surface area contributed by atoms with Crippen LogP contribution >= 0.6 is 15.9 Å². The Balaban J connectivity index is 0.000000149. The van der Waals surface area contributed by atoms with Crippen molar-refractivity contribution in [1.82, 2.24) is 0 Å². The molecular formula is C72H50BrFN2O3. The Hall–Kier alpha value is -9.95. The summed E-state index contributed by atoms with van der Waals surface area (Å²) in [6.45, 7) is 0. The van der Waals surface area contributed by atoms with Gasteiger partial charge in [-0.1, -0.05) is 204 Å². The van der Waals surface area contributed by atoms with Gasteiger partial charge in [0, 0.05) is 71.7 Å². The predicted octanol–water partition coefficient (Wildman–Crippen LogP) is 21.4. The fourth-order valence-electron chi connectivity index (χ4n) is 10.3. The van der Waals surface area contributed by atoms with Crippen molar-refractivity contribution in [2.75, 3.05) is 10.6 Å². The number of fused-ring (bicyclic) bond motifs is 9. The molecule has 3 aromatic heterocycles. The van der Waals surface area contributed by atoms with Gasteiger partial charge in [0.25, 0.3) is 0 Å². The number of halogens is 2. The zero-order valence-electron chi connectivity index (χ0n) is 42.7. The van der Waals surface area contributed by atoms with Crippen LogP contribution in [-0.2, 0) is 0 Å². The molecule has 0 aliphatic carbocycles. The lowest BCUT2D eigenvalue weighted by atomic mass is 10.00.